The quantitative estimate of drug-likeness (QED) is 0.851. The van der Waals surface area contributed by atoms with Gasteiger partial charge in [-0.2, -0.15) is 10.2 Å². The van der Waals surface area contributed by atoms with Gasteiger partial charge in [0.25, 0.3) is 0 Å². The third-order valence-corrected chi connectivity index (χ3v) is 2.86. The lowest BCUT2D eigenvalue weighted by Gasteiger charge is -2.14. The molecule has 1 atom stereocenters. The summed E-state index contributed by atoms with van der Waals surface area (Å²) in [6.07, 6.45) is 5.76. The van der Waals surface area contributed by atoms with Gasteiger partial charge in [0.1, 0.15) is 0 Å². The Morgan fingerprint density at radius 3 is 2.88 bits per heavy atom. The Morgan fingerprint density at radius 2 is 2.24 bits per heavy atom. The van der Waals surface area contributed by atoms with Crippen LogP contribution < -0.4 is 5.32 Å². The lowest BCUT2D eigenvalue weighted by molar-refractivity contribution is 0.509. The van der Waals surface area contributed by atoms with E-state index in [1.165, 1.54) is 11.3 Å². The molecule has 1 unspecified atom stereocenters. The Morgan fingerprint density at radius 1 is 1.41 bits per heavy atom. The number of nitrogens with one attached hydrogen (secondary N) is 1. The third kappa shape index (κ3) is 2.74. The van der Waals surface area contributed by atoms with Crippen molar-refractivity contribution in [1.82, 2.24) is 24.9 Å². The van der Waals surface area contributed by atoms with Crippen LogP contribution in [0.1, 0.15) is 31.1 Å². The maximum Gasteiger partial charge on any atom is 0.0550 e. The van der Waals surface area contributed by atoms with Crippen molar-refractivity contribution in [2.75, 3.05) is 0 Å². The van der Waals surface area contributed by atoms with Crippen molar-refractivity contribution < 1.29 is 0 Å². The monoisotopic (exact) mass is 233 g/mol. The van der Waals surface area contributed by atoms with Gasteiger partial charge in [-0.05, 0) is 19.9 Å². The summed E-state index contributed by atoms with van der Waals surface area (Å²) in [5, 5.41) is 11.9. The average Bonchev–Trinajstić information content (AvgIpc) is 2.94. The normalized spacial score (nSPS) is 12.9. The molecule has 17 heavy (non-hydrogen) atoms. The van der Waals surface area contributed by atoms with Crippen molar-refractivity contribution >= 4 is 0 Å². The molecule has 2 heterocycles. The van der Waals surface area contributed by atoms with Gasteiger partial charge in [0.15, 0.2) is 0 Å². The second kappa shape index (κ2) is 5.14. The van der Waals surface area contributed by atoms with Crippen molar-refractivity contribution in [3.63, 3.8) is 0 Å². The van der Waals surface area contributed by atoms with E-state index in [4.69, 9.17) is 0 Å². The number of rotatable bonds is 5. The molecule has 0 saturated heterocycles. The van der Waals surface area contributed by atoms with Crippen molar-refractivity contribution in [2.45, 2.75) is 33.0 Å². The highest BCUT2D eigenvalue weighted by Gasteiger charge is 2.09. The van der Waals surface area contributed by atoms with E-state index >= 15 is 0 Å². The van der Waals surface area contributed by atoms with Crippen molar-refractivity contribution in [3.8, 4) is 0 Å². The summed E-state index contributed by atoms with van der Waals surface area (Å²) < 4.78 is 3.83. The molecule has 2 aromatic heterocycles. The van der Waals surface area contributed by atoms with E-state index in [1.807, 2.05) is 35.0 Å². The summed E-state index contributed by atoms with van der Waals surface area (Å²) in [5.41, 5.74) is 2.42. The maximum absolute atomic E-state index is 4.28. The first kappa shape index (κ1) is 11.9. The van der Waals surface area contributed by atoms with E-state index in [-0.39, 0.29) is 6.04 Å². The third-order valence-electron chi connectivity index (χ3n) is 2.86. The summed E-state index contributed by atoms with van der Waals surface area (Å²) in [6, 6.07) is 2.35. The second-order valence-electron chi connectivity index (χ2n) is 4.20. The van der Waals surface area contributed by atoms with E-state index in [2.05, 4.69) is 35.4 Å². The SMILES string of the molecule is CCn1nccc1C(C)NCc1cnn(C)c1. The number of aryl methyl sites for hydroxylation is 2. The molecule has 0 spiro atoms. The van der Waals surface area contributed by atoms with E-state index in [0.29, 0.717) is 0 Å². The molecule has 0 radical (unpaired) electrons. The second-order valence-corrected chi connectivity index (χ2v) is 4.20. The Balaban J connectivity index is 1.95. The molecule has 0 bridgehead atoms. The maximum atomic E-state index is 4.28. The highest BCUT2D eigenvalue weighted by atomic mass is 15.3. The Bertz CT molecular complexity index is 471. The molecule has 2 aromatic rings. The summed E-state index contributed by atoms with van der Waals surface area (Å²) in [6.45, 7) is 5.98. The van der Waals surface area contributed by atoms with Gasteiger partial charge in [0, 0.05) is 44.1 Å². The zero-order chi connectivity index (χ0) is 12.3. The Labute approximate surface area is 101 Å². The average molecular weight is 233 g/mol. The predicted octanol–water partition coefficient (Wildman–Crippen LogP) is 1.49. The highest BCUT2D eigenvalue weighted by Crippen LogP contribution is 2.12. The van der Waals surface area contributed by atoms with Gasteiger partial charge in [0.2, 0.25) is 0 Å². The fourth-order valence-electron chi connectivity index (χ4n) is 1.91. The molecule has 0 aliphatic heterocycles. The van der Waals surface area contributed by atoms with Gasteiger partial charge in [-0.15, -0.1) is 0 Å². The Kier molecular flexibility index (Phi) is 3.58. The number of nitrogens with zero attached hydrogens (tertiary/aromatic N) is 4. The fourth-order valence-corrected chi connectivity index (χ4v) is 1.91. The molecular weight excluding hydrogens is 214 g/mol. The van der Waals surface area contributed by atoms with Gasteiger partial charge >= 0.3 is 0 Å². The van der Waals surface area contributed by atoms with E-state index in [0.717, 1.165) is 13.1 Å². The fraction of sp³-hybridized carbons (Fsp3) is 0.500. The minimum atomic E-state index is 0.289. The zero-order valence-electron chi connectivity index (χ0n) is 10.6. The van der Waals surface area contributed by atoms with Gasteiger partial charge in [0.05, 0.1) is 11.9 Å². The number of hydrogen-bond acceptors (Lipinski definition) is 3. The first-order valence-electron chi connectivity index (χ1n) is 5.93. The van der Waals surface area contributed by atoms with Gasteiger partial charge < -0.3 is 5.32 Å². The molecule has 5 nitrogen and oxygen atoms in total. The van der Waals surface area contributed by atoms with Crippen molar-refractivity contribution in [3.05, 3.63) is 35.9 Å². The molecular formula is C12H19N5. The van der Waals surface area contributed by atoms with Gasteiger partial charge in [-0.1, -0.05) is 0 Å². The van der Waals surface area contributed by atoms with Crippen molar-refractivity contribution in [1.29, 1.82) is 0 Å². The van der Waals surface area contributed by atoms with E-state index < -0.39 is 0 Å². The highest BCUT2D eigenvalue weighted by molar-refractivity contribution is 5.08. The number of hydrogen-bond donors (Lipinski definition) is 1. The van der Waals surface area contributed by atoms with E-state index in [1.54, 1.807) is 0 Å². The first-order valence-corrected chi connectivity index (χ1v) is 5.93. The van der Waals surface area contributed by atoms with Gasteiger partial charge in [-0.3, -0.25) is 9.36 Å². The molecule has 0 aliphatic carbocycles. The first-order chi connectivity index (χ1) is 8.20. The lowest BCUT2D eigenvalue weighted by atomic mass is 10.2. The minimum Gasteiger partial charge on any atom is -0.305 e. The molecule has 0 aliphatic rings. The standard InChI is InChI=1S/C12H19N5/c1-4-17-12(5-6-14-17)10(2)13-7-11-8-15-16(3)9-11/h5-6,8-10,13H,4,7H2,1-3H3. The predicted molar refractivity (Wildman–Crippen MR) is 66.4 cm³/mol. The zero-order valence-corrected chi connectivity index (χ0v) is 10.6. The van der Waals surface area contributed by atoms with Crippen LogP contribution in [0.5, 0.6) is 0 Å². The molecule has 92 valence electrons. The summed E-state index contributed by atoms with van der Waals surface area (Å²) in [7, 11) is 1.93. The molecule has 0 saturated carbocycles. The van der Waals surface area contributed by atoms with Crippen LogP contribution in [-0.2, 0) is 20.1 Å². The number of aromatic nitrogens is 4. The minimum absolute atomic E-state index is 0.289. The summed E-state index contributed by atoms with van der Waals surface area (Å²) in [4.78, 5) is 0. The molecule has 0 amide bonds. The van der Waals surface area contributed by atoms with Crippen LogP contribution in [0.25, 0.3) is 0 Å². The van der Waals surface area contributed by atoms with E-state index in [9.17, 15) is 0 Å². The van der Waals surface area contributed by atoms with Crippen LogP contribution >= 0.6 is 0 Å². The lowest BCUT2D eigenvalue weighted by Crippen LogP contribution is -2.21. The summed E-state index contributed by atoms with van der Waals surface area (Å²) in [5.74, 6) is 0. The van der Waals surface area contributed by atoms with Crippen LogP contribution in [0.3, 0.4) is 0 Å². The molecule has 0 aromatic carbocycles. The van der Waals surface area contributed by atoms with Crippen LogP contribution in [0.4, 0.5) is 0 Å². The van der Waals surface area contributed by atoms with Gasteiger partial charge in [-0.25, -0.2) is 0 Å². The van der Waals surface area contributed by atoms with Crippen molar-refractivity contribution in [2.24, 2.45) is 7.05 Å². The topological polar surface area (TPSA) is 47.7 Å². The van der Waals surface area contributed by atoms with Crippen LogP contribution in [0, 0.1) is 0 Å². The summed E-state index contributed by atoms with van der Waals surface area (Å²) >= 11 is 0. The Hall–Kier alpha value is -1.62. The molecule has 0 fully saturated rings. The largest absolute Gasteiger partial charge is 0.305 e. The van der Waals surface area contributed by atoms with Crippen LogP contribution in [0.15, 0.2) is 24.7 Å². The van der Waals surface area contributed by atoms with Crippen LogP contribution in [-0.4, -0.2) is 19.6 Å². The van der Waals surface area contributed by atoms with Crippen LogP contribution in [0.2, 0.25) is 0 Å². The molecule has 5 heteroatoms. The smallest absolute Gasteiger partial charge is 0.0550 e. The molecule has 2 rings (SSSR count). The molecule has 1 N–H and O–H groups in total.